The minimum atomic E-state index is -0.980. The molecular formula is C31H29F2N5O3. The molecule has 2 fully saturated rings. The Morgan fingerprint density at radius 1 is 1.22 bits per heavy atom. The van der Waals surface area contributed by atoms with Gasteiger partial charge >= 0.3 is 6.01 Å². The molecule has 2 aliphatic rings. The standard InChI is InChI=1S/C31H29F2N5O3/c1-3-6-23-25-28(26(33)27(35-23)21-13-20(39)12-17-7-4-8-22(32)24(17)21)36-30(41-15-19-11-18(19)14-34)37-29(25)38-10-5-9-31(2,40)16-38/h4,7-8,12-14,19,39-40H,5,9-11,15-16,34H2,1-2H3/t19?,31-/m1/s1. The maximum atomic E-state index is 16.6. The molecule has 0 radical (unpaired) electrons. The molecule has 0 amide bonds. The lowest BCUT2D eigenvalue weighted by Gasteiger charge is -2.38. The number of piperidine rings is 1. The Morgan fingerprint density at radius 2 is 2.05 bits per heavy atom. The number of rotatable bonds is 5. The number of halogens is 2. The van der Waals surface area contributed by atoms with Gasteiger partial charge in [0.2, 0.25) is 0 Å². The number of aliphatic hydroxyl groups is 1. The van der Waals surface area contributed by atoms with Crippen LogP contribution >= 0.6 is 0 Å². The summed E-state index contributed by atoms with van der Waals surface area (Å²) in [6.07, 6.45) is 3.67. The largest absolute Gasteiger partial charge is 0.508 e. The molecule has 6 rings (SSSR count). The highest BCUT2D eigenvalue weighted by molar-refractivity contribution is 6.01. The molecule has 1 unspecified atom stereocenters. The van der Waals surface area contributed by atoms with E-state index in [1.54, 1.807) is 26.1 Å². The molecular weight excluding hydrogens is 528 g/mol. The van der Waals surface area contributed by atoms with Crippen molar-refractivity contribution in [2.75, 3.05) is 24.6 Å². The first kappa shape index (κ1) is 26.7. The van der Waals surface area contributed by atoms with E-state index in [4.69, 9.17) is 10.5 Å². The van der Waals surface area contributed by atoms with Crippen LogP contribution in [0.25, 0.3) is 32.9 Å². The minimum absolute atomic E-state index is 0.0422. The SMILES string of the molecule is CC#Cc1nc(-c2cc(O)cc3cccc(F)c23)c(F)c2nc(OCC3CC3=CN)nc(N3CCC[C@@](C)(O)C3)c12. The van der Waals surface area contributed by atoms with Gasteiger partial charge in [0.25, 0.3) is 0 Å². The number of phenolic OH excluding ortho intramolecular Hbond substituents is 1. The molecule has 1 saturated heterocycles. The van der Waals surface area contributed by atoms with Gasteiger partial charge in [0.1, 0.15) is 34.3 Å². The second kappa shape index (κ2) is 10.2. The van der Waals surface area contributed by atoms with Crippen molar-refractivity contribution >= 4 is 27.5 Å². The van der Waals surface area contributed by atoms with Crippen LogP contribution < -0.4 is 15.4 Å². The molecule has 41 heavy (non-hydrogen) atoms. The summed E-state index contributed by atoms with van der Waals surface area (Å²) >= 11 is 0. The first-order valence-electron chi connectivity index (χ1n) is 13.5. The smallest absolute Gasteiger partial charge is 0.319 e. The number of hydrogen-bond acceptors (Lipinski definition) is 8. The summed E-state index contributed by atoms with van der Waals surface area (Å²) in [5.74, 6) is 4.67. The molecule has 0 spiro atoms. The Morgan fingerprint density at radius 3 is 2.78 bits per heavy atom. The Hall–Kier alpha value is -4.49. The summed E-state index contributed by atoms with van der Waals surface area (Å²) in [6, 6.07) is 7.06. The zero-order chi connectivity index (χ0) is 28.9. The monoisotopic (exact) mass is 557 g/mol. The van der Waals surface area contributed by atoms with Crippen LogP contribution in [-0.2, 0) is 0 Å². The summed E-state index contributed by atoms with van der Waals surface area (Å²) in [5.41, 5.74) is 5.65. The maximum absolute atomic E-state index is 16.6. The lowest BCUT2D eigenvalue weighted by atomic mass is 9.94. The fraction of sp³-hybridized carbons (Fsp3) is 0.323. The number of ether oxygens (including phenoxy) is 1. The van der Waals surface area contributed by atoms with E-state index in [2.05, 4.69) is 26.8 Å². The lowest BCUT2D eigenvalue weighted by Crippen LogP contribution is -2.46. The normalized spacial score (nSPS) is 21.2. The van der Waals surface area contributed by atoms with Crippen molar-refractivity contribution in [3.63, 3.8) is 0 Å². The Balaban J connectivity index is 1.61. The predicted octanol–water partition coefficient (Wildman–Crippen LogP) is 4.79. The van der Waals surface area contributed by atoms with Crippen LogP contribution in [0.2, 0.25) is 0 Å². The van der Waals surface area contributed by atoms with Gasteiger partial charge in [-0.05, 0) is 74.4 Å². The van der Waals surface area contributed by atoms with Crippen molar-refractivity contribution in [3.05, 3.63) is 59.4 Å². The van der Waals surface area contributed by atoms with Crippen LogP contribution in [0.3, 0.4) is 0 Å². The summed E-state index contributed by atoms with van der Waals surface area (Å²) < 4.78 is 37.6. The van der Waals surface area contributed by atoms with Gasteiger partial charge in [-0.1, -0.05) is 18.1 Å². The minimum Gasteiger partial charge on any atom is -0.508 e. The molecule has 210 valence electrons. The van der Waals surface area contributed by atoms with Crippen LogP contribution in [0.4, 0.5) is 14.6 Å². The number of hydrogen-bond donors (Lipinski definition) is 3. The molecule has 3 heterocycles. The molecule has 1 aliphatic heterocycles. The molecule has 0 bridgehead atoms. The molecule has 10 heteroatoms. The fourth-order valence-electron chi connectivity index (χ4n) is 5.54. The number of anilines is 1. The number of phenols is 1. The van der Waals surface area contributed by atoms with Crippen LogP contribution in [0.1, 0.15) is 38.8 Å². The number of fused-ring (bicyclic) bond motifs is 2. The molecule has 1 saturated carbocycles. The van der Waals surface area contributed by atoms with E-state index in [1.807, 2.05) is 4.90 Å². The third-order valence-electron chi connectivity index (χ3n) is 7.60. The van der Waals surface area contributed by atoms with Gasteiger partial charge in [-0.3, -0.25) is 0 Å². The highest BCUT2D eigenvalue weighted by Crippen LogP contribution is 2.41. The van der Waals surface area contributed by atoms with Gasteiger partial charge in [-0.25, -0.2) is 13.8 Å². The first-order chi connectivity index (χ1) is 19.7. The molecule has 2 atom stereocenters. The summed E-state index contributed by atoms with van der Waals surface area (Å²) in [4.78, 5) is 15.6. The van der Waals surface area contributed by atoms with Crippen molar-refractivity contribution < 1.29 is 23.7 Å². The number of aromatic nitrogens is 3. The van der Waals surface area contributed by atoms with Gasteiger partial charge in [-0.15, -0.1) is 0 Å². The number of benzene rings is 2. The van der Waals surface area contributed by atoms with Crippen molar-refractivity contribution in [2.45, 2.75) is 38.7 Å². The van der Waals surface area contributed by atoms with Gasteiger partial charge in [0.05, 0.1) is 17.6 Å². The quantitative estimate of drug-likeness (QED) is 0.300. The molecule has 1 aliphatic carbocycles. The Labute approximate surface area is 235 Å². The topological polar surface area (TPSA) is 118 Å². The third kappa shape index (κ3) is 4.98. The van der Waals surface area contributed by atoms with E-state index in [-0.39, 0.29) is 64.1 Å². The molecule has 2 aromatic carbocycles. The van der Waals surface area contributed by atoms with Crippen molar-refractivity contribution in [2.24, 2.45) is 11.7 Å². The number of aromatic hydroxyl groups is 1. The second-order valence-electron chi connectivity index (χ2n) is 10.9. The zero-order valence-electron chi connectivity index (χ0n) is 22.7. The third-order valence-corrected chi connectivity index (χ3v) is 7.60. The Bertz CT molecular complexity index is 1790. The highest BCUT2D eigenvalue weighted by atomic mass is 19.1. The molecule has 2 aromatic heterocycles. The number of β-amino-alcohol motifs (C(OH)–C–C–N with tert-alkyl or cyclic N) is 1. The fourth-order valence-corrected chi connectivity index (χ4v) is 5.54. The first-order valence-corrected chi connectivity index (χ1v) is 13.5. The van der Waals surface area contributed by atoms with Crippen molar-refractivity contribution in [1.82, 2.24) is 15.0 Å². The van der Waals surface area contributed by atoms with E-state index in [9.17, 15) is 10.2 Å². The van der Waals surface area contributed by atoms with E-state index >= 15 is 8.78 Å². The average molecular weight is 558 g/mol. The molecule has 8 nitrogen and oxygen atoms in total. The van der Waals surface area contributed by atoms with Crippen molar-refractivity contribution in [1.29, 1.82) is 0 Å². The van der Waals surface area contributed by atoms with Gasteiger partial charge in [0, 0.05) is 30.0 Å². The van der Waals surface area contributed by atoms with Crippen LogP contribution in [0.5, 0.6) is 11.8 Å². The van der Waals surface area contributed by atoms with E-state index in [1.165, 1.54) is 24.3 Å². The second-order valence-corrected chi connectivity index (χ2v) is 10.9. The van der Waals surface area contributed by atoms with Crippen molar-refractivity contribution in [3.8, 4) is 34.9 Å². The number of nitrogens with two attached hydrogens (primary N) is 1. The maximum Gasteiger partial charge on any atom is 0.319 e. The van der Waals surface area contributed by atoms with Crippen LogP contribution in [-0.4, -0.2) is 50.5 Å². The number of nitrogens with zero attached hydrogens (tertiary/aromatic N) is 4. The zero-order valence-corrected chi connectivity index (χ0v) is 22.7. The van der Waals surface area contributed by atoms with E-state index in [0.717, 1.165) is 12.0 Å². The molecule has 4 N–H and O–H groups in total. The van der Waals surface area contributed by atoms with E-state index in [0.29, 0.717) is 30.6 Å². The van der Waals surface area contributed by atoms with Crippen LogP contribution in [0.15, 0.2) is 42.1 Å². The predicted molar refractivity (Wildman–Crippen MR) is 152 cm³/mol. The molecule has 4 aromatic rings. The number of pyridine rings is 1. The summed E-state index contributed by atoms with van der Waals surface area (Å²) in [7, 11) is 0. The summed E-state index contributed by atoms with van der Waals surface area (Å²) in [5, 5.41) is 22.0. The average Bonchev–Trinajstić information content (AvgIpc) is 3.71. The van der Waals surface area contributed by atoms with Gasteiger partial charge in [0.15, 0.2) is 5.82 Å². The lowest BCUT2D eigenvalue weighted by molar-refractivity contribution is 0.0447. The van der Waals surface area contributed by atoms with E-state index < -0.39 is 17.2 Å². The Kier molecular flexibility index (Phi) is 6.62. The van der Waals surface area contributed by atoms with Crippen LogP contribution in [0, 0.1) is 29.4 Å². The van der Waals surface area contributed by atoms with Gasteiger partial charge < -0.3 is 25.6 Å². The van der Waals surface area contributed by atoms with Gasteiger partial charge in [-0.2, -0.15) is 9.97 Å². The summed E-state index contributed by atoms with van der Waals surface area (Å²) in [6.45, 7) is 4.47. The highest BCUT2D eigenvalue weighted by Gasteiger charge is 2.34.